The summed E-state index contributed by atoms with van der Waals surface area (Å²) in [7, 11) is 0. The van der Waals surface area contributed by atoms with E-state index >= 15 is 0 Å². The average molecular weight is 412 g/mol. The summed E-state index contributed by atoms with van der Waals surface area (Å²) in [4.78, 5) is 18.8. The molecule has 6 nitrogen and oxygen atoms in total. The normalized spacial score (nSPS) is 20.0. The smallest absolute Gasteiger partial charge is 0.161 e. The SMILES string of the molecule is CC(O)(CC1CC1)c1ncc(-c2ccc3nc4n(c3n2)[C@@H](c2ccccc2)CC4)cn1. The van der Waals surface area contributed by atoms with E-state index < -0.39 is 5.60 Å². The maximum absolute atomic E-state index is 10.8. The molecule has 2 atom stereocenters. The molecular formula is C25H25N5O. The molecule has 0 spiro atoms. The van der Waals surface area contributed by atoms with Gasteiger partial charge in [0, 0.05) is 24.4 Å². The van der Waals surface area contributed by atoms with E-state index in [1.165, 1.54) is 18.4 Å². The van der Waals surface area contributed by atoms with Gasteiger partial charge in [0.15, 0.2) is 11.5 Å². The van der Waals surface area contributed by atoms with E-state index in [4.69, 9.17) is 9.97 Å². The van der Waals surface area contributed by atoms with Gasteiger partial charge in [-0.25, -0.2) is 19.9 Å². The summed E-state index contributed by atoms with van der Waals surface area (Å²) in [6.45, 7) is 1.81. The maximum Gasteiger partial charge on any atom is 0.161 e. The van der Waals surface area contributed by atoms with Gasteiger partial charge in [0.1, 0.15) is 16.9 Å². The first-order valence-electron chi connectivity index (χ1n) is 11.1. The van der Waals surface area contributed by atoms with Gasteiger partial charge in [0.05, 0.1) is 11.7 Å². The van der Waals surface area contributed by atoms with Crippen LogP contribution in [0.1, 0.15) is 55.9 Å². The third-order valence-electron chi connectivity index (χ3n) is 6.56. The van der Waals surface area contributed by atoms with Crippen LogP contribution in [0.3, 0.4) is 0 Å². The molecule has 1 fully saturated rings. The highest BCUT2D eigenvalue weighted by atomic mass is 16.3. The Morgan fingerprint density at radius 1 is 1.00 bits per heavy atom. The molecule has 6 rings (SSSR count). The monoisotopic (exact) mass is 411 g/mol. The van der Waals surface area contributed by atoms with Gasteiger partial charge in [-0.2, -0.15) is 0 Å². The molecule has 1 saturated carbocycles. The highest BCUT2D eigenvalue weighted by Crippen LogP contribution is 2.40. The van der Waals surface area contributed by atoms with Crippen molar-refractivity contribution in [1.82, 2.24) is 24.5 Å². The van der Waals surface area contributed by atoms with Crippen LogP contribution in [-0.4, -0.2) is 29.6 Å². The first-order chi connectivity index (χ1) is 15.1. The first kappa shape index (κ1) is 18.6. The molecule has 1 unspecified atom stereocenters. The van der Waals surface area contributed by atoms with E-state index in [9.17, 15) is 5.11 Å². The van der Waals surface area contributed by atoms with E-state index in [2.05, 4.69) is 38.8 Å². The van der Waals surface area contributed by atoms with Gasteiger partial charge in [0.2, 0.25) is 0 Å². The van der Waals surface area contributed by atoms with E-state index in [0.717, 1.165) is 47.5 Å². The standard InChI is InChI=1S/C25H25N5O/c1-25(31,13-16-7-8-16)24-26-14-18(15-27-24)19-9-10-20-23(29-19)30-21(11-12-22(30)28-20)17-5-3-2-4-6-17/h2-6,9-10,14-16,21,31H,7-8,11-13H2,1H3/t21-,25?/m1/s1. The van der Waals surface area contributed by atoms with Crippen LogP contribution in [0.4, 0.5) is 0 Å². The predicted molar refractivity (Wildman–Crippen MR) is 118 cm³/mol. The Hall–Kier alpha value is -3.12. The fourth-order valence-electron chi connectivity index (χ4n) is 4.79. The lowest BCUT2D eigenvalue weighted by molar-refractivity contribution is 0.0326. The minimum Gasteiger partial charge on any atom is -0.382 e. The third kappa shape index (κ3) is 3.31. The van der Waals surface area contributed by atoms with Gasteiger partial charge in [-0.1, -0.05) is 43.2 Å². The summed E-state index contributed by atoms with van der Waals surface area (Å²) < 4.78 is 2.28. The molecule has 0 radical (unpaired) electrons. The molecule has 3 aromatic heterocycles. The van der Waals surface area contributed by atoms with E-state index in [0.29, 0.717) is 11.7 Å². The zero-order chi connectivity index (χ0) is 21.0. The van der Waals surface area contributed by atoms with Crippen molar-refractivity contribution in [3.05, 3.63) is 72.1 Å². The second kappa shape index (κ2) is 6.95. The van der Waals surface area contributed by atoms with Crippen LogP contribution in [-0.2, 0) is 12.0 Å². The molecule has 1 aliphatic heterocycles. The molecule has 6 heteroatoms. The molecule has 31 heavy (non-hydrogen) atoms. The van der Waals surface area contributed by atoms with Crippen molar-refractivity contribution in [1.29, 1.82) is 0 Å². The lowest BCUT2D eigenvalue weighted by Crippen LogP contribution is -2.25. The third-order valence-corrected chi connectivity index (χ3v) is 6.56. The zero-order valence-corrected chi connectivity index (χ0v) is 17.6. The van der Waals surface area contributed by atoms with Crippen molar-refractivity contribution in [3.8, 4) is 11.3 Å². The van der Waals surface area contributed by atoms with Crippen molar-refractivity contribution in [2.45, 2.75) is 50.7 Å². The molecule has 0 bridgehead atoms. The number of nitrogens with zero attached hydrogens (tertiary/aromatic N) is 5. The van der Waals surface area contributed by atoms with Crippen molar-refractivity contribution < 1.29 is 5.11 Å². The minimum atomic E-state index is -0.980. The van der Waals surface area contributed by atoms with Crippen LogP contribution < -0.4 is 0 Å². The van der Waals surface area contributed by atoms with Gasteiger partial charge < -0.3 is 9.67 Å². The number of imidazole rings is 1. The van der Waals surface area contributed by atoms with Crippen molar-refractivity contribution in [2.75, 3.05) is 0 Å². The largest absolute Gasteiger partial charge is 0.382 e. The van der Waals surface area contributed by atoms with Crippen LogP contribution in [0.15, 0.2) is 54.9 Å². The Labute approximate surface area is 181 Å². The Morgan fingerprint density at radius 2 is 1.77 bits per heavy atom. The van der Waals surface area contributed by atoms with Crippen molar-refractivity contribution in [2.24, 2.45) is 5.92 Å². The second-order valence-electron chi connectivity index (χ2n) is 9.12. The number of pyridine rings is 1. The topological polar surface area (TPSA) is 76.7 Å². The number of aryl methyl sites for hydroxylation is 1. The van der Waals surface area contributed by atoms with E-state index in [1.54, 1.807) is 12.4 Å². The van der Waals surface area contributed by atoms with Gasteiger partial charge >= 0.3 is 0 Å². The molecule has 0 amide bonds. The summed E-state index contributed by atoms with van der Waals surface area (Å²) in [5.74, 6) is 2.18. The second-order valence-corrected chi connectivity index (χ2v) is 9.12. The molecule has 1 N–H and O–H groups in total. The van der Waals surface area contributed by atoms with E-state index in [-0.39, 0.29) is 6.04 Å². The summed E-state index contributed by atoms with van der Waals surface area (Å²) in [6.07, 6.45) is 8.65. The molecule has 1 aliphatic carbocycles. The van der Waals surface area contributed by atoms with Crippen molar-refractivity contribution >= 4 is 11.2 Å². The minimum absolute atomic E-state index is 0.264. The zero-order valence-electron chi connectivity index (χ0n) is 17.6. The predicted octanol–water partition coefficient (Wildman–Crippen LogP) is 4.43. The van der Waals surface area contributed by atoms with Crippen LogP contribution in [0.5, 0.6) is 0 Å². The van der Waals surface area contributed by atoms with E-state index in [1.807, 2.05) is 25.1 Å². The molecule has 1 aromatic carbocycles. The fourth-order valence-corrected chi connectivity index (χ4v) is 4.79. The molecule has 156 valence electrons. The number of rotatable bonds is 5. The lowest BCUT2D eigenvalue weighted by Gasteiger charge is -2.21. The highest BCUT2D eigenvalue weighted by molar-refractivity contribution is 5.76. The highest BCUT2D eigenvalue weighted by Gasteiger charge is 2.35. The van der Waals surface area contributed by atoms with Crippen LogP contribution >= 0.6 is 0 Å². The van der Waals surface area contributed by atoms with Crippen molar-refractivity contribution in [3.63, 3.8) is 0 Å². The number of hydrogen-bond acceptors (Lipinski definition) is 5. The fraction of sp³-hybridized carbons (Fsp3) is 0.360. The number of fused-ring (bicyclic) bond motifs is 3. The molecule has 4 heterocycles. The molecule has 4 aromatic rings. The van der Waals surface area contributed by atoms with Gasteiger partial charge in [-0.05, 0) is 43.4 Å². The summed E-state index contributed by atoms with van der Waals surface area (Å²) in [5.41, 5.74) is 3.80. The maximum atomic E-state index is 10.8. The lowest BCUT2D eigenvalue weighted by atomic mass is 9.98. The average Bonchev–Trinajstić information content (AvgIpc) is 3.38. The van der Waals surface area contributed by atoms with Crippen LogP contribution in [0, 0.1) is 5.92 Å². The summed E-state index contributed by atoms with van der Waals surface area (Å²) in [5, 5.41) is 10.8. The summed E-state index contributed by atoms with van der Waals surface area (Å²) >= 11 is 0. The van der Waals surface area contributed by atoms with Crippen LogP contribution in [0.25, 0.3) is 22.4 Å². The number of benzene rings is 1. The number of hydrogen-bond donors (Lipinski definition) is 1. The number of aromatic nitrogens is 5. The Balaban J connectivity index is 1.36. The number of aliphatic hydroxyl groups is 1. The van der Waals surface area contributed by atoms with Gasteiger partial charge in [-0.3, -0.25) is 0 Å². The summed E-state index contributed by atoms with van der Waals surface area (Å²) in [6, 6.07) is 14.8. The quantitative estimate of drug-likeness (QED) is 0.526. The molecular weight excluding hydrogens is 386 g/mol. The Kier molecular flexibility index (Phi) is 4.18. The van der Waals surface area contributed by atoms with Crippen LogP contribution in [0.2, 0.25) is 0 Å². The molecule has 0 saturated heterocycles. The first-order valence-corrected chi connectivity index (χ1v) is 11.1. The Morgan fingerprint density at radius 3 is 2.52 bits per heavy atom. The molecule has 2 aliphatic rings. The van der Waals surface area contributed by atoms with Gasteiger partial charge in [-0.15, -0.1) is 0 Å². The Bertz CT molecular complexity index is 1240. The van der Waals surface area contributed by atoms with Gasteiger partial charge in [0.25, 0.3) is 0 Å².